The molecule has 104 valence electrons. The van der Waals surface area contributed by atoms with E-state index < -0.39 is 34.9 Å². The number of alkyl halides is 2. The van der Waals surface area contributed by atoms with Crippen LogP contribution in [0.1, 0.15) is 19.2 Å². The Balaban J connectivity index is 2.77. The maximum atomic E-state index is 13.7. The van der Waals surface area contributed by atoms with Gasteiger partial charge in [0.25, 0.3) is 5.56 Å². The Labute approximate surface area is 114 Å². The highest BCUT2D eigenvalue weighted by atomic mass is 32.2. The molecule has 2 heterocycles. The van der Waals surface area contributed by atoms with Gasteiger partial charge in [0.1, 0.15) is 6.26 Å². The zero-order chi connectivity index (χ0) is 14.4. The molecule has 2 rings (SSSR count). The predicted molar refractivity (Wildman–Crippen MR) is 69.2 cm³/mol. The predicted octanol–water partition coefficient (Wildman–Crippen LogP) is 1.63. The summed E-state index contributed by atoms with van der Waals surface area (Å²) in [6.07, 6.45) is 0.952. The minimum Gasteiger partial charge on any atom is -0.610 e. The Hall–Kier alpha value is -1.06. The molecular weight excluding hydrogens is 296 g/mol. The molecule has 0 saturated heterocycles. The summed E-state index contributed by atoms with van der Waals surface area (Å²) in [5.74, 6) is -3.78. The molecule has 2 aromatic rings. The molecule has 0 bridgehead atoms. The van der Waals surface area contributed by atoms with E-state index >= 15 is 0 Å². The van der Waals surface area contributed by atoms with Gasteiger partial charge in [0.15, 0.2) is 16.2 Å². The topological polar surface area (TPSA) is 70.8 Å². The monoisotopic (exact) mass is 307 g/mol. The smallest absolute Gasteiger partial charge is 0.304 e. The highest BCUT2D eigenvalue weighted by molar-refractivity contribution is 7.92. The lowest BCUT2D eigenvalue weighted by molar-refractivity contribution is -0.0210. The minimum absolute atomic E-state index is 0.0200. The van der Waals surface area contributed by atoms with E-state index in [9.17, 15) is 18.1 Å². The van der Waals surface area contributed by atoms with Crippen molar-refractivity contribution in [1.29, 1.82) is 0 Å². The van der Waals surface area contributed by atoms with E-state index in [0.29, 0.717) is 0 Å². The molecular formula is C10H11F2N3O2S2. The molecule has 0 N–H and O–H groups in total. The lowest BCUT2D eigenvalue weighted by Crippen LogP contribution is -2.29. The molecule has 0 aromatic carbocycles. The second-order valence-electron chi connectivity index (χ2n) is 3.95. The Morgan fingerprint density at radius 3 is 2.63 bits per heavy atom. The van der Waals surface area contributed by atoms with E-state index in [4.69, 9.17) is 0 Å². The maximum absolute atomic E-state index is 13.7. The summed E-state index contributed by atoms with van der Waals surface area (Å²) in [4.78, 5) is 19.8. The number of nitrogens with zero attached hydrogens (tertiary/aromatic N) is 3. The number of rotatable bonds is 3. The van der Waals surface area contributed by atoms with Crippen LogP contribution < -0.4 is 5.56 Å². The first-order valence-electron chi connectivity index (χ1n) is 5.37. The van der Waals surface area contributed by atoms with Crippen molar-refractivity contribution >= 4 is 32.9 Å². The lowest BCUT2D eigenvalue weighted by Gasteiger charge is -2.15. The fraction of sp³-hybridized carbons (Fsp3) is 0.500. The van der Waals surface area contributed by atoms with Crippen molar-refractivity contribution in [1.82, 2.24) is 14.5 Å². The Bertz CT molecular complexity index is 681. The molecule has 0 aliphatic heterocycles. The highest BCUT2D eigenvalue weighted by Gasteiger charge is 2.35. The lowest BCUT2D eigenvalue weighted by atomic mass is 10.2. The minimum atomic E-state index is -3.18. The fourth-order valence-electron chi connectivity index (χ4n) is 1.54. The van der Waals surface area contributed by atoms with Gasteiger partial charge in [-0.05, 0) is 11.3 Å². The molecule has 1 unspecified atom stereocenters. The summed E-state index contributed by atoms with van der Waals surface area (Å²) in [5, 5.41) is 0. The van der Waals surface area contributed by atoms with Crippen LogP contribution in [0, 0.1) is 0 Å². The van der Waals surface area contributed by atoms with Crippen LogP contribution >= 0.6 is 11.3 Å². The summed E-state index contributed by atoms with van der Waals surface area (Å²) in [7, 11) is 1.23. The van der Waals surface area contributed by atoms with Gasteiger partial charge in [0.05, 0.1) is 0 Å². The molecule has 5 nitrogen and oxygen atoms in total. The molecule has 0 spiro atoms. The maximum Gasteiger partial charge on any atom is 0.304 e. The van der Waals surface area contributed by atoms with Crippen LogP contribution in [0.2, 0.25) is 0 Å². The Kier molecular flexibility index (Phi) is 3.63. The van der Waals surface area contributed by atoms with Crippen molar-refractivity contribution < 1.29 is 13.3 Å². The molecule has 1 atom stereocenters. The molecule has 9 heteroatoms. The molecule has 19 heavy (non-hydrogen) atoms. The largest absolute Gasteiger partial charge is 0.610 e. The van der Waals surface area contributed by atoms with Gasteiger partial charge in [-0.15, -0.1) is 0 Å². The highest BCUT2D eigenvalue weighted by Crippen LogP contribution is 2.31. The van der Waals surface area contributed by atoms with Gasteiger partial charge in [0, 0.05) is 24.6 Å². The van der Waals surface area contributed by atoms with E-state index in [2.05, 4.69) is 9.97 Å². The zero-order valence-electron chi connectivity index (χ0n) is 10.4. The van der Waals surface area contributed by atoms with Crippen LogP contribution in [-0.4, -0.2) is 25.3 Å². The third-order valence-corrected chi connectivity index (χ3v) is 4.92. The normalized spacial score (nSPS) is 14.0. The number of thiazole rings is 1. The van der Waals surface area contributed by atoms with E-state index in [1.165, 1.54) is 20.2 Å². The fourth-order valence-corrected chi connectivity index (χ4v) is 3.13. The van der Waals surface area contributed by atoms with Crippen molar-refractivity contribution in [2.45, 2.75) is 23.6 Å². The van der Waals surface area contributed by atoms with Gasteiger partial charge >= 0.3 is 10.3 Å². The number of aromatic nitrogens is 3. The number of halogens is 2. The molecule has 0 fully saturated rings. The van der Waals surface area contributed by atoms with Gasteiger partial charge in [-0.2, -0.15) is 13.8 Å². The first kappa shape index (κ1) is 14.4. The first-order valence-corrected chi connectivity index (χ1v) is 7.74. The summed E-state index contributed by atoms with van der Waals surface area (Å²) in [6, 6.07) is 0. The third kappa shape index (κ3) is 2.37. The van der Waals surface area contributed by atoms with Gasteiger partial charge < -0.3 is 4.55 Å². The van der Waals surface area contributed by atoms with Gasteiger partial charge in [-0.3, -0.25) is 9.36 Å². The van der Waals surface area contributed by atoms with Crippen LogP contribution in [0.5, 0.6) is 0 Å². The second-order valence-corrected chi connectivity index (χ2v) is 6.48. The molecule has 0 radical (unpaired) electrons. The standard InChI is InChI=1S/C10H11F2N3O2S2/c1-4-10(11,12)8-14-6-5(7(16)15(8)2)13-9(18-6)19(3)17/h4H2,1-3H3. The summed E-state index contributed by atoms with van der Waals surface area (Å²) >= 11 is -0.474. The molecule has 0 saturated carbocycles. The Morgan fingerprint density at radius 2 is 2.11 bits per heavy atom. The van der Waals surface area contributed by atoms with Crippen LogP contribution in [0.25, 0.3) is 10.3 Å². The average Bonchev–Trinajstić information content (AvgIpc) is 2.78. The third-order valence-electron chi connectivity index (χ3n) is 2.64. The first-order chi connectivity index (χ1) is 8.77. The van der Waals surface area contributed by atoms with Crippen LogP contribution in [0.3, 0.4) is 0 Å². The van der Waals surface area contributed by atoms with Crippen molar-refractivity contribution in [3.8, 4) is 0 Å². The van der Waals surface area contributed by atoms with Crippen molar-refractivity contribution in [3.63, 3.8) is 0 Å². The molecule has 0 aliphatic carbocycles. The van der Waals surface area contributed by atoms with Crippen molar-refractivity contribution in [2.75, 3.05) is 6.26 Å². The number of hydrogen-bond donors (Lipinski definition) is 0. The molecule has 2 aromatic heterocycles. The zero-order valence-corrected chi connectivity index (χ0v) is 12.1. The van der Waals surface area contributed by atoms with Gasteiger partial charge in [0.2, 0.25) is 0 Å². The average molecular weight is 307 g/mol. The van der Waals surface area contributed by atoms with Crippen LogP contribution in [-0.2, 0) is 24.1 Å². The van der Waals surface area contributed by atoms with E-state index in [-0.39, 0.29) is 14.7 Å². The van der Waals surface area contributed by atoms with E-state index in [0.717, 1.165) is 15.9 Å². The van der Waals surface area contributed by atoms with E-state index in [1.54, 1.807) is 0 Å². The van der Waals surface area contributed by atoms with Crippen molar-refractivity contribution in [2.24, 2.45) is 7.05 Å². The second kappa shape index (κ2) is 4.80. The van der Waals surface area contributed by atoms with Crippen molar-refractivity contribution in [3.05, 3.63) is 16.2 Å². The number of hydrogen-bond acceptors (Lipinski definition) is 5. The summed E-state index contributed by atoms with van der Waals surface area (Å²) < 4.78 is 39.8. The molecule has 0 aliphatic rings. The Morgan fingerprint density at radius 1 is 1.47 bits per heavy atom. The quantitative estimate of drug-likeness (QED) is 0.808. The summed E-state index contributed by atoms with van der Waals surface area (Å²) in [6.45, 7) is 1.32. The van der Waals surface area contributed by atoms with Crippen LogP contribution in [0.15, 0.2) is 9.13 Å². The van der Waals surface area contributed by atoms with E-state index in [1.807, 2.05) is 0 Å². The molecule has 0 amide bonds. The van der Waals surface area contributed by atoms with Gasteiger partial charge in [-0.1, -0.05) is 6.92 Å². The number of fused-ring (bicyclic) bond motifs is 1. The van der Waals surface area contributed by atoms with Crippen LogP contribution in [0.4, 0.5) is 8.78 Å². The summed E-state index contributed by atoms with van der Waals surface area (Å²) in [5.41, 5.74) is -0.672. The van der Waals surface area contributed by atoms with Gasteiger partial charge in [-0.25, -0.2) is 4.98 Å². The SMILES string of the molecule is CCC(F)(F)c1nc2sc([S+](C)[O-])nc2c(=O)n1C.